The van der Waals surface area contributed by atoms with E-state index in [-0.39, 0.29) is 11.3 Å². The molecule has 1 unspecified atom stereocenters. The number of β-lactam (4-membered cyclic amide) rings is 1. The van der Waals surface area contributed by atoms with Gasteiger partial charge in [-0.25, -0.2) is 4.79 Å². The summed E-state index contributed by atoms with van der Waals surface area (Å²) in [5.74, 6) is -0.720. The first-order valence-corrected chi connectivity index (χ1v) is 4.60. The van der Waals surface area contributed by atoms with Gasteiger partial charge < -0.3 is 15.7 Å². The first kappa shape index (κ1) is 7.88. The molecule has 1 amide bonds. The number of carbonyl (C=O) groups is 2. The summed E-state index contributed by atoms with van der Waals surface area (Å²) in [4.78, 5) is 23.0. The summed E-state index contributed by atoms with van der Waals surface area (Å²) in [6, 6.07) is -1.15. The smallest absolute Gasteiger partial charge is 0.327 e. The van der Waals surface area contributed by atoms with Crippen LogP contribution in [0.5, 0.6) is 0 Å². The molecule has 0 spiro atoms. The van der Waals surface area contributed by atoms with E-state index in [9.17, 15) is 9.59 Å². The molecule has 2 rings (SSSR count). The van der Waals surface area contributed by atoms with Gasteiger partial charge in [-0.15, -0.1) is 11.8 Å². The van der Waals surface area contributed by atoms with Crippen molar-refractivity contribution in [2.45, 2.75) is 17.5 Å². The Kier molecular flexibility index (Phi) is 1.55. The van der Waals surface area contributed by atoms with Crippen molar-refractivity contribution < 1.29 is 14.7 Å². The van der Waals surface area contributed by atoms with Crippen molar-refractivity contribution in [3.05, 3.63) is 0 Å². The van der Waals surface area contributed by atoms with E-state index >= 15 is 0 Å². The molecule has 0 aromatic rings. The molecule has 0 radical (unpaired) electrons. The van der Waals surface area contributed by atoms with E-state index in [4.69, 9.17) is 10.8 Å². The van der Waals surface area contributed by atoms with Crippen LogP contribution in [0.4, 0.5) is 0 Å². The van der Waals surface area contributed by atoms with Crippen molar-refractivity contribution in [3.8, 4) is 0 Å². The minimum absolute atomic E-state index is 0.0985. The molecule has 66 valence electrons. The number of amides is 1. The first-order valence-electron chi connectivity index (χ1n) is 3.55. The number of hydrogen-bond acceptors (Lipinski definition) is 4. The number of fused-ring (bicyclic) bond motifs is 1. The number of carbonyl (C=O) groups excluding carboxylic acids is 1. The van der Waals surface area contributed by atoms with E-state index in [0.29, 0.717) is 5.75 Å². The van der Waals surface area contributed by atoms with Gasteiger partial charge in [0.2, 0.25) is 5.91 Å². The molecular formula is C6H8N2O3S. The topological polar surface area (TPSA) is 83.6 Å². The summed E-state index contributed by atoms with van der Waals surface area (Å²) in [6.45, 7) is 0. The van der Waals surface area contributed by atoms with E-state index in [0.717, 1.165) is 0 Å². The van der Waals surface area contributed by atoms with E-state index < -0.39 is 18.1 Å². The molecule has 3 N–H and O–H groups in total. The second-order valence-corrected chi connectivity index (χ2v) is 4.00. The van der Waals surface area contributed by atoms with E-state index in [1.807, 2.05) is 0 Å². The zero-order valence-electron chi connectivity index (χ0n) is 6.14. The molecule has 3 atom stereocenters. The Bertz CT molecular complexity index is 257. The molecule has 0 bridgehead atoms. The maximum absolute atomic E-state index is 11.1. The third-order valence-corrected chi connectivity index (χ3v) is 3.54. The second-order valence-electron chi connectivity index (χ2n) is 2.85. The summed E-state index contributed by atoms with van der Waals surface area (Å²) in [5.41, 5.74) is 5.46. The number of rotatable bonds is 1. The van der Waals surface area contributed by atoms with Gasteiger partial charge in [0.15, 0.2) is 0 Å². The van der Waals surface area contributed by atoms with Crippen molar-refractivity contribution in [1.82, 2.24) is 4.90 Å². The van der Waals surface area contributed by atoms with Gasteiger partial charge >= 0.3 is 5.97 Å². The lowest BCUT2D eigenvalue weighted by Crippen LogP contribution is -2.68. The zero-order valence-corrected chi connectivity index (χ0v) is 6.95. The fourth-order valence-electron chi connectivity index (χ4n) is 1.49. The van der Waals surface area contributed by atoms with Crippen LogP contribution in [-0.4, -0.2) is 45.1 Å². The normalized spacial score (nSPS) is 39.2. The highest BCUT2D eigenvalue weighted by molar-refractivity contribution is 8.00. The van der Waals surface area contributed by atoms with Gasteiger partial charge in [0.1, 0.15) is 17.5 Å². The second kappa shape index (κ2) is 2.37. The van der Waals surface area contributed by atoms with Crippen molar-refractivity contribution in [2.75, 3.05) is 5.75 Å². The van der Waals surface area contributed by atoms with Crippen LogP contribution in [0.2, 0.25) is 0 Å². The van der Waals surface area contributed by atoms with Crippen LogP contribution in [0.1, 0.15) is 0 Å². The largest absolute Gasteiger partial charge is 0.480 e. The summed E-state index contributed by atoms with van der Waals surface area (Å²) in [7, 11) is 0. The summed E-state index contributed by atoms with van der Waals surface area (Å²) in [5, 5.41) is 8.59. The molecule has 0 aromatic heterocycles. The number of hydrogen-bond donors (Lipinski definition) is 2. The van der Waals surface area contributed by atoms with Gasteiger partial charge in [-0.3, -0.25) is 4.79 Å². The highest BCUT2D eigenvalue weighted by Crippen LogP contribution is 2.38. The van der Waals surface area contributed by atoms with Gasteiger partial charge in [0.05, 0.1) is 0 Å². The Morgan fingerprint density at radius 1 is 1.75 bits per heavy atom. The van der Waals surface area contributed by atoms with Crippen molar-refractivity contribution in [2.24, 2.45) is 5.73 Å². The molecule has 0 aromatic carbocycles. The van der Waals surface area contributed by atoms with Crippen molar-refractivity contribution in [3.63, 3.8) is 0 Å². The molecule has 5 nitrogen and oxygen atoms in total. The molecule has 2 aliphatic rings. The van der Waals surface area contributed by atoms with E-state index in [1.54, 1.807) is 0 Å². The molecule has 2 fully saturated rings. The maximum Gasteiger partial charge on any atom is 0.327 e. The summed E-state index contributed by atoms with van der Waals surface area (Å²) >= 11 is 1.44. The third-order valence-electron chi connectivity index (χ3n) is 2.17. The lowest BCUT2D eigenvalue weighted by atomic mass is 10.1. The minimum atomic E-state index is -0.940. The number of carboxylic acids is 1. The Hall–Kier alpha value is -0.750. The van der Waals surface area contributed by atoms with Crippen LogP contribution >= 0.6 is 11.8 Å². The average molecular weight is 188 g/mol. The molecule has 0 aliphatic carbocycles. The quantitative estimate of drug-likeness (QED) is 0.499. The van der Waals surface area contributed by atoms with Gasteiger partial charge in [-0.05, 0) is 0 Å². The van der Waals surface area contributed by atoms with Crippen LogP contribution in [0.15, 0.2) is 0 Å². The molecule has 2 saturated heterocycles. The average Bonchev–Trinajstić information content (AvgIpc) is 2.43. The maximum atomic E-state index is 11.1. The van der Waals surface area contributed by atoms with E-state index in [2.05, 4.69) is 0 Å². The fourth-order valence-corrected chi connectivity index (χ4v) is 2.90. The summed E-state index contributed by atoms with van der Waals surface area (Å²) in [6.07, 6.45) is 0. The predicted molar refractivity (Wildman–Crippen MR) is 42.5 cm³/mol. The Labute approximate surface area is 72.9 Å². The molecule has 12 heavy (non-hydrogen) atoms. The number of aliphatic carboxylic acids is 1. The van der Waals surface area contributed by atoms with Gasteiger partial charge in [0.25, 0.3) is 0 Å². The zero-order chi connectivity index (χ0) is 8.88. The SMILES string of the molecule is N[C@@H]1C(=O)N2C(C(=O)O)CS[C@H]12. The highest BCUT2D eigenvalue weighted by atomic mass is 32.2. The first-order chi connectivity index (χ1) is 5.63. The standard InChI is InChI=1S/C6H8N2O3S/c7-3-4(9)8-2(6(10)11)1-12-5(3)8/h2-3,5H,1,7H2,(H,10,11)/t2?,3-,5-/m1/s1. The van der Waals surface area contributed by atoms with Crippen molar-refractivity contribution >= 4 is 23.6 Å². The van der Waals surface area contributed by atoms with E-state index in [1.165, 1.54) is 16.7 Å². The minimum Gasteiger partial charge on any atom is -0.480 e. The van der Waals surface area contributed by atoms with Gasteiger partial charge in [0, 0.05) is 5.75 Å². The Morgan fingerprint density at radius 3 is 3.00 bits per heavy atom. The highest BCUT2D eigenvalue weighted by Gasteiger charge is 2.55. The molecule has 6 heteroatoms. The van der Waals surface area contributed by atoms with Crippen molar-refractivity contribution in [1.29, 1.82) is 0 Å². The lowest BCUT2D eigenvalue weighted by molar-refractivity contribution is -0.157. The van der Waals surface area contributed by atoms with Crippen LogP contribution in [-0.2, 0) is 9.59 Å². The number of nitrogens with zero attached hydrogens (tertiary/aromatic N) is 1. The fraction of sp³-hybridized carbons (Fsp3) is 0.667. The van der Waals surface area contributed by atoms with Crippen LogP contribution in [0.25, 0.3) is 0 Å². The van der Waals surface area contributed by atoms with Gasteiger partial charge in [-0.2, -0.15) is 0 Å². The lowest BCUT2D eigenvalue weighted by Gasteiger charge is -2.41. The van der Waals surface area contributed by atoms with Crippen LogP contribution in [0.3, 0.4) is 0 Å². The Balaban J connectivity index is 2.16. The number of carboxylic acid groups (broad SMARTS) is 1. The van der Waals surface area contributed by atoms with Crippen LogP contribution < -0.4 is 5.73 Å². The molecule has 2 heterocycles. The summed E-state index contributed by atoms with van der Waals surface area (Å²) < 4.78 is 0. The monoisotopic (exact) mass is 188 g/mol. The Morgan fingerprint density at radius 2 is 2.42 bits per heavy atom. The molecule has 2 aliphatic heterocycles. The third kappa shape index (κ3) is 0.789. The number of nitrogens with two attached hydrogens (primary N) is 1. The molecule has 0 saturated carbocycles. The number of thioether (sulfide) groups is 1. The van der Waals surface area contributed by atoms with Crippen LogP contribution in [0, 0.1) is 0 Å². The predicted octanol–water partition coefficient (Wildman–Crippen LogP) is -1.32. The van der Waals surface area contributed by atoms with Gasteiger partial charge in [-0.1, -0.05) is 0 Å². The molecular weight excluding hydrogens is 180 g/mol.